The first kappa shape index (κ1) is 16.8. The molecule has 0 radical (unpaired) electrons. The van der Waals surface area contributed by atoms with Gasteiger partial charge in [0.15, 0.2) is 11.6 Å². The van der Waals surface area contributed by atoms with Gasteiger partial charge in [-0.25, -0.2) is 22.8 Å². The van der Waals surface area contributed by atoms with Gasteiger partial charge in [0.2, 0.25) is 0 Å². The number of hydrogen-bond acceptors (Lipinski definition) is 5. The minimum atomic E-state index is -0.689. The summed E-state index contributed by atoms with van der Waals surface area (Å²) in [4.78, 5) is 7.89. The monoisotopic (exact) mass is 371 g/mol. The Morgan fingerprint density at radius 1 is 1.11 bits per heavy atom. The highest BCUT2D eigenvalue weighted by Gasteiger charge is 2.14. The second kappa shape index (κ2) is 6.60. The number of nitrogens with two attached hydrogens (primary N) is 1. The fraction of sp³-hybridized carbons (Fsp3) is 0.0556. The number of anilines is 1. The molecular formula is C18H12F3N5O. The molecule has 0 fully saturated rings. The maximum Gasteiger partial charge on any atom is 0.166 e. The van der Waals surface area contributed by atoms with Gasteiger partial charge in [-0.15, -0.1) is 0 Å². The first-order valence-corrected chi connectivity index (χ1v) is 7.84. The molecule has 2 N–H and O–H groups in total. The van der Waals surface area contributed by atoms with Gasteiger partial charge in [-0.1, -0.05) is 0 Å². The normalized spacial score (nSPS) is 11.1. The lowest BCUT2D eigenvalue weighted by molar-refractivity contribution is 0.301. The van der Waals surface area contributed by atoms with Crippen LogP contribution in [0.15, 0.2) is 48.9 Å². The van der Waals surface area contributed by atoms with Crippen molar-refractivity contribution in [2.24, 2.45) is 0 Å². The molecular weight excluding hydrogens is 359 g/mol. The summed E-state index contributed by atoms with van der Waals surface area (Å²) in [6.07, 6.45) is 4.21. The fourth-order valence-electron chi connectivity index (χ4n) is 2.63. The van der Waals surface area contributed by atoms with Crippen molar-refractivity contribution in [3.63, 3.8) is 0 Å². The topological polar surface area (TPSA) is 78.9 Å². The Morgan fingerprint density at radius 2 is 1.93 bits per heavy atom. The molecule has 0 bridgehead atoms. The van der Waals surface area contributed by atoms with Gasteiger partial charge in [-0.05, 0) is 24.3 Å². The maximum absolute atomic E-state index is 14.0. The van der Waals surface area contributed by atoms with Crippen molar-refractivity contribution < 1.29 is 17.9 Å². The van der Waals surface area contributed by atoms with Gasteiger partial charge < -0.3 is 10.5 Å². The Labute approximate surface area is 151 Å². The summed E-state index contributed by atoms with van der Waals surface area (Å²) >= 11 is 0. The van der Waals surface area contributed by atoms with Gasteiger partial charge in [-0.2, -0.15) is 5.10 Å². The van der Waals surface area contributed by atoms with Crippen LogP contribution in [0.2, 0.25) is 0 Å². The maximum atomic E-state index is 14.0. The molecule has 0 spiro atoms. The highest BCUT2D eigenvalue weighted by atomic mass is 19.1. The smallest absolute Gasteiger partial charge is 0.166 e. The summed E-state index contributed by atoms with van der Waals surface area (Å²) in [6, 6.07) is 6.18. The zero-order chi connectivity index (χ0) is 19.0. The Hall–Kier alpha value is -3.62. The van der Waals surface area contributed by atoms with E-state index < -0.39 is 17.5 Å². The molecule has 6 nitrogen and oxygen atoms in total. The largest absolute Gasteiger partial charge is 0.483 e. The molecule has 9 heteroatoms. The number of ether oxygens (including phenoxy) is 1. The summed E-state index contributed by atoms with van der Waals surface area (Å²) in [7, 11) is 0. The van der Waals surface area contributed by atoms with Crippen molar-refractivity contribution in [2.45, 2.75) is 6.61 Å². The number of aromatic nitrogens is 4. The molecule has 0 aliphatic heterocycles. The van der Waals surface area contributed by atoms with Crippen molar-refractivity contribution in [3.05, 3.63) is 72.1 Å². The molecule has 136 valence electrons. The highest BCUT2D eigenvalue weighted by molar-refractivity contribution is 5.83. The van der Waals surface area contributed by atoms with Crippen LogP contribution in [0.5, 0.6) is 5.75 Å². The van der Waals surface area contributed by atoms with E-state index in [0.717, 1.165) is 18.3 Å². The number of nitrogens with zero attached hydrogens (tertiary/aromatic N) is 4. The number of nitrogen functional groups attached to an aromatic ring is 1. The van der Waals surface area contributed by atoms with Gasteiger partial charge in [0.05, 0.1) is 11.9 Å². The molecule has 0 aliphatic rings. The zero-order valence-corrected chi connectivity index (χ0v) is 13.7. The number of hydrogen-bond donors (Lipinski definition) is 1. The second-order valence-electron chi connectivity index (χ2n) is 5.66. The molecule has 3 heterocycles. The summed E-state index contributed by atoms with van der Waals surface area (Å²) < 4.78 is 48.4. The molecule has 3 aromatic heterocycles. The molecule has 0 amide bonds. The van der Waals surface area contributed by atoms with Gasteiger partial charge in [-0.3, -0.25) is 4.98 Å². The average molecular weight is 371 g/mol. The van der Waals surface area contributed by atoms with Gasteiger partial charge in [0.1, 0.15) is 35.3 Å². The molecule has 0 aliphatic carbocycles. The Balaban J connectivity index is 1.69. The summed E-state index contributed by atoms with van der Waals surface area (Å²) in [6.45, 7) is -0.107. The molecule has 0 saturated carbocycles. The summed E-state index contributed by atoms with van der Waals surface area (Å²) in [5, 5.41) is 3.99. The number of fused-ring (bicyclic) bond motifs is 1. The molecule has 27 heavy (non-hydrogen) atoms. The Kier molecular flexibility index (Phi) is 4.11. The molecule has 0 atom stereocenters. The van der Waals surface area contributed by atoms with Gasteiger partial charge in [0, 0.05) is 23.8 Å². The SMILES string of the molecule is Nc1nc2c(F)ccc(F)c2cc1OCc1ncc(F)cc1-n1cccn1. The fourth-order valence-corrected chi connectivity index (χ4v) is 2.63. The molecule has 0 unspecified atom stereocenters. The van der Waals surface area contributed by atoms with Crippen molar-refractivity contribution in [1.29, 1.82) is 0 Å². The van der Waals surface area contributed by atoms with Crippen LogP contribution in [0.25, 0.3) is 16.6 Å². The van der Waals surface area contributed by atoms with E-state index in [-0.39, 0.29) is 29.1 Å². The van der Waals surface area contributed by atoms with E-state index in [1.54, 1.807) is 12.3 Å². The van der Waals surface area contributed by atoms with Crippen molar-refractivity contribution in [2.75, 3.05) is 5.73 Å². The second-order valence-corrected chi connectivity index (χ2v) is 5.66. The Morgan fingerprint density at radius 3 is 2.70 bits per heavy atom. The lowest BCUT2D eigenvalue weighted by Gasteiger charge is -2.12. The number of pyridine rings is 2. The van der Waals surface area contributed by atoms with E-state index in [0.29, 0.717) is 11.4 Å². The van der Waals surface area contributed by atoms with Crippen LogP contribution in [-0.4, -0.2) is 19.7 Å². The van der Waals surface area contributed by atoms with Gasteiger partial charge in [0.25, 0.3) is 0 Å². The quantitative estimate of drug-likeness (QED) is 0.595. The summed E-state index contributed by atoms with van der Waals surface area (Å²) in [5.41, 5.74) is 6.37. The standard InChI is InChI=1S/C18H12F3N5O/c19-10-6-15(26-5-1-4-24-26)14(23-8-10)9-27-16-7-11-12(20)2-3-13(21)17(11)25-18(16)22/h1-8H,9H2,(H2,22,25). The van der Waals surface area contributed by atoms with Gasteiger partial charge >= 0.3 is 0 Å². The number of benzene rings is 1. The van der Waals surface area contributed by atoms with Crippen LogP contribution in [0, 0.1) is 17.5 Å². The minimum Gasteiger partial charge on any atom is -0.483 e. The van der Waals surface area contributed by atoms with Crippen molar-refractivity contribution in [3.8, 4) is 11.4 Å². The van der Waals surface area contributed by atoms with E-state index in [1.807, 2.05) is 0 Å². The van der Waals surface area contributed by atoms with Crippen molar-refractivity contribution in [1.82, 2.24) is 19.7 Å². The lowest BCUT2D eigenvalue weighted by Crippen LogP contribution is -2.08. The van der Waals surface area contributed by atoms with Crippen LogP contribution >= 0.6 is 0 Å². The number of rotatable bonds is 4. The van der Waals surface area contributed by atoms with Crippen molar-refractivity contribution >= 4 is 16.7 Å². The average Bonchev–Trinajstić information content (AvgIpc) is 3.19. The molecule has 1 aromatic carbocycles. The third-order valence-corrected chi connectivity index (χ3v) is 3.90. The van der Waals surface area contributed by atoms with Crippen LogP contribution in [0.4, 0.5) is 19.0 Å². The predicted molar refractivity (Wildman–Crippen MR) is 91.7 cm³/mol. The lowest BCUT2D eigenvalue weighted by atomic mass is 10.2. The van der Waals surface area contributed by atoms with E-state index in [1.165, 1.54) is 23.0 Å². The van der Waals surface area contributed by atoms with Crippen LogP contribution in [0.3, 0.4) is 0 Å². The highest BCUT2D eigenvalue weighted by Crippen LogP contribution is 2.29. The third kappa shape index (κ3) is 3.14. The van der Waals surface area contributed by atoms with Crippen LogP contribution in [0.1, 0.15) is 5.69 Å². The first-order chi connectivity index (χ1) is 13.0. The summed E-state index contributed by atoms with van der Waals surface area (Å²) in [5.74, 6) is -1.92. The molecule has 0 saturated heterocycles. The minimum absolute atomic E-state index is 0.0569. The molecule has 4 rings (SSSR count). The zero-order valence-electron chi connectivity index (χ0n) is 13.7. The van der Waals surface area contributed by atoms with E-state index in [2.05, 4.69) is 15.1 Å². The first-order valence-electron chi connectivity index (χ1n) is 7.84. The number of halogens is 3. The van der Waals surface area contributed by atoms with E-state index in [4.69, 9.17) is 10.5 Å². The van der Waals surface area contributed by atoms with Crippen LogP contribution in [-0.2, 0) is 6.61 Å². The molecule has 4 aromatic rings. The van der Waals surface area contributed by atoms with Crippen LogP contribution < -0.4 is 10.5 Å². The Bertz CT molecular complexity index is 1130. The predicted octanol–water partition coefficient (Wildman–Crippen LogP) is 3.39. The third-order valence-electron chi connectivity index (χ3n) is 3.90. The van der Waals surface area contributed by atoms with E-state index >= 15 is 0 Å². The van der Waals surface area contributed by atoms with E-state index in [9.17, 15) is 13.2 Å².